The molecule has 1 aliphatic rings. The third kappa shape index (κ3) is 4.62. The van der Waals surface area contributed by atoms with E-state index in [2.05, 4.69) is 26.7 Å². The van der Waals surface area contributed by atoms with Crippen LogP contribution in [0.4, 0.5) is 5.82 Å². The Morgan fingerprint density at radius 1 is 1.11 bits per heavy atom. The number of benzene rings is 1. The summed E-state index contributed by atoms with van der Waals surface area (Å²) < 4.78 is 13.6. The molecule has 0 spiro atoms. The lowest BCUT2D eigenvalue weighted by Gasteiger charge is -2.25. The Kier molecular flexibility index (Phi) is 7.13. The van der Waals surface area contributed by atoms with Gasteiger partial charge in [0.25, 0.3) is 6.47 Å². The van der Waals surface area contributed by atoms with Gasteiger partial charge in [-0.3, -0.25) is 9.48 Å². The van der Waals surface area contributed by atoms with Gasteiger partial charge in [-0.25, -0.2) is 4.98 Å². The number of aromatic nitrogens is 4. The monoisotopic (exact) mass is 493 g/mol. The molecule has 0 atom stereocenters. The van der Waals surface area contributed by atoms with Crippen molar-refractivity contribution >= 4 is 44.9 Å². The van der Waals surface area contributed by atoms with Crippen molar-refractivity contribution in [2.45, 2.75) is 45.3 Å². The van der Waals surface area contributed by atoms with Gasteiger partial charge < -0.3 is 20.4 Å². The van der Waals surface area contributed by atoms with Crippen LogP contribution in [-0.2, 0) is 4.79 Å². The van der Waals surface area contributed by atoms with Crippen LogP contribution in [0.15, 0.2) is 53.5 Å². The maximum absolute atomic E-state index is 9.79. The maximum Gasteiger partial charge on any atom is 0.290 e. The summed E-state index contributed by atoms with van der Waals surface area (Å²) in [5.41, 5.74) is 9.66. The number of anilines is 1. The zero-order chi connectivity index (χ0) is 23.7. The van der Waals surface area contributed by atoms with Crippen molar-refractivity contribution in [3.63, 3.8) is 0 Å². The minimum absolute atomic E-state index is 0. The van der Waals surface area contributed by atoms with Crippen LogP contribution in [0.25, 0.3) is 43.5 Å². The first kappa shape index (κ1) is 24.4. The van der Waals surface area contributed by atoms with E-state index in [0.717, 1.165) is 63.6 Å². The first-order valence-electron chi connectivity index (χ1n) is 10.9. The van der Waals surface area contributed by atoms with Crippen LogP contribution in [-0.4, -0.2) is 41.9 Å². The summed E-state index contributed by atoms with van der Waals surface area (Å²) in [4.78, 5) is 12.7. The highest BCUT2D eigenvalue weighted by molar-refractivity contribution is 7.13. The summed E-state index contributed by atoms with van der Waals surface area (Å²) in [5.74, 6) is 1.12. The van der Waals surface area contributed by atoms with Gasteiger partial charge in [0, 0.05) is 46.1 Å². The second-order valence-electron chi connectivity index (χ2n) is 8.23. The summed E-state index contributed by atoms with van der Waals surface area (Å²) in [5, 5.41) is 23.3. The minimum atomic E-state index is -0.250. The first-order chi connectivity index (χ1) is 16.6. The lowest BCUT2D eigenvalue weighted by atomic mass is 9.93. The van der Waals surface area contributed by atoms with Gasteiger partial charge in [0.05, 0.1) is 23.0 Å². The summed E-state index contributed by atoms with van der Waals surface area (Å²) >= 11 is 1.47. The van der Waals surface area contributed by atoms with Crippen LogP contribution in [0, 0.1) is 0 Å². The first-order valence-corrected chi connectivity index (χ1v) is 11.7. The van der Waals surface area contributed by atoms with Crippen LogP contribution < -0.4 is 5.73 Å². The molecule has 4 aromatic heterocycles. The second-order valence-corrected chi connectivity index (χ2v) is 9.06. The number of fused-ring (bicyclic) bond motifs is 2. The number of carbonyl (C=O) groups is 1. The SMILES string of the molecule is C.Nc1ncc(-c2cnn(C3CCC(O)CC3)c2)c2cc(-c3cccc4sncc34)oc12.O=CO. The van der Waals surface area contributed by atoms with E-state index in [0.29, 0.717) is 17.4 Å². The average molecular weight is 494 g/mol. The van der Waals surface area contributed by atoms with Crippen LogP contribution in [0.5, 0.6) is 0 Å². The molecule has 6 rings (SSSR count). The predicted octanol–water partition coefficient (Wildman–Crippen LogP) is 5.36. The molecular weight excluding hydrogens is 466 g/mol. The Labute approximate surface area is 206 Å². The molecule has 10 heteroatoms. The van der Waals surface area contributed by atoms with Crippen LogP contribution >= 0.6 is 11.5 Å². The van der Waals surface area contributed by atoms with Crippen molar-refractivity contribution in [2.24, 2.45) is 0 Å². The van der Waals surface area contributed by atoms with Gasteiger partial charge in [-0.2, -0.15) is 9.47 Å². The Balaban J connectivity index is 0.000000689. The molecule has 1 saturated carbocycles. The summed E-state index contributed by atoms with van der Waals surface area (Å²) in [6.07, 6.45) is 10.9. The van der Waals surface area contributed by atoms with E-state index in [9.17, 15) is 5.11 Å². The number of hydrogen-bond acceptors (Lipinski definition) is 8. The number of nitrogens with two attached hydrogens (primary N) is 1. The number of rotatable bonds is 3. The smallest absolute Gasteiger partial charge is 0.290 e. The lowest BCUT2D eigenvalue weighted by Crippen LogP contribution is -2.21. The van der Waals surface area contributed by atoms with Crippen molar-refractivity contribution in [2.75, 3.05) is 5.73 Å². The molecule has 4 heterocycles. The van der Waals surface area contributed by atoms with E-state index < -0.39 is 0 Å². The highest BCUT2D eigenvalue weighted by Crippen LogP contribution is 2.39. The molecule has 0 aliphatic heterocycles. The van der Waals surface area contributed by atoms with Gasteiger partial charge in [-0.15, -0.1) is 0 Å². The van der Waals surface area contributed by atoms with Gasteiger partial charge in [-0.05, 0) is 49.3 Å². The van der Waals surface area contributed by atoms with Gasteiger partial charge in [-0.1, -0.05) is 19.6 Å². The molecule has 1 fully saturated rings. The van der Waals surface area contributed by atoms with Gasteiger partial charge >= 0.3 is 0 Å². The fourth-order valence-electron chi connectivity index (χ4n) is 4.51. The summed E-state index contributed by atoms with van der Waals surface area (Å²) in [7, 11) is 0. The molecule has 1 aromatic carbocycles. The van der Waals surface area contributed by atoms with Crippen molar-refractivity contribution < 1.29 is 19.4 Å². The number of hydrogen-bond donors (Lipinski definition) is 3. The Morgan fingerprint density at radius 3 is 2.66 bits per heavy atom. The number of aliphatic hydroxyl groups excluding tert-OH is 1. The number of carboxylic acid groups (broad SMARTS) is 1. The zero-order valence-corrected chi connectivity index (χ0v) is 19.0. The molecule has 9 nitrogen and oxygen atoms in total. The average Bonchev–Trinajstić information content (AvgIpc) is 3.60. The quantitative estimate of drug-likeness (QED) is 0.285. The fraction of sp³-hybridized carbons (Fsp3) is 0.280. The molecule has 1 aliphatic carbocycles. The lowest BCUT2D eigenvalue weighted by molar-refractivity contribution is -0.122. The third-order valence-corrected chi connectivity index (χ3v) is 6.97. The van der Waals surface area contributed by atoms with Crippen LogP contribution in [0.2, 0.25) is 0 Å². The van der Waals surface area contributed by atoms with Gasteiger partial charge in [0.15, 0.2) is 11.4 Å². The highest BCUT2D eigenvalue weighted by atomic mass is 32.1. The summed E-state index contributed by atoms with van der Waals surface area (Å²) in [6.45, 7) is -0.250. The largest absolute Gasteiger partial charge is 0.483 e. The predicted molar refractivity (Wildman–Crippen MR) is 137 cm³/mol. The zero-order valence-electron chi connectivity index (χ0n) is 18.2. The van der Waals surface area contributed by atoms with E-state index in [1.54, 1.807) is 6.20 Å². The molecule has 35 heavy (non-hydrogen) atoms. The maximum atomic E-state index is 9.79. The van der Waals surface area contributed by atoms with Crippen molar-refractivity contribution in [3.8, 4) is 22.5 Å². The van der Waals surface area contributed by atoms with E-state index in [1.807, 2.05) is 35.3 Å². The molecule has 0 unspecified atom stereocenters. The van der Waals surface area contributed by atoms with E-state index in [1.165, 1.54) is 11.5 Å². The number of pyridine rings is 1. The second kappa shape index (κ2) is 10.2. The number of furan rings is 1. The summed E-state index contributed by atoms with van der Waals surface area (Å²) in [6, 6.07) is 8.45. The normalized spacial score (nSPS) is 17.5. The van der Waals surface area contributed by atoms with E-state index >= 15 is 0 Å². The minimum Gasteiger partial charge on any atom is -0.483 e. The van der Waals surface area contributed by atoms with Crippen molar-refractivity contribution in [1.82, 2.24) is 19.1 Å². The van der Waals surface area contributed by atoms with E-state index in [-0.39, 0.29) is 20.0 Å². The Morgan fingerprint density at radius 2 is 1.89 bits per heavy atom. The van der Waals surface area contributed by atoms with E-state index in [4.69, 9.17) is 20.1 Å². The molecule has 4 N–H and O–H groups in total. The van der Waals surface area contributed by atoms with Crippen molar-refractivity contribution in [3.05, 3.63) is 49.1 Å². The Hall–Kier alpha value is -3.76. The standard InChI is InChI=1S/C23H21N5O2S.CH2O2.CH4/c24-23-22-17(8-20(30-22)16-2-1-3-21-19(16)11-27-31-21)18(10-25-23)13-9-26-28(12-13)14-4-6-15(29)7-5-14;2-1-3;/h1-3,8-12,14-15,29H,4-7H2,(H2,24,25);1H,(H,2,3);1H4. The third-order valence-electron chi connectivity index (χ3n) is 6.20. The van der Waals surface area contributed by atoms with Crippen molar-refractivity contribution in [1.29, 1.82) is 0 Å². The number of nitrogens with zero attached hydrogens (tertiary/aromatic N) is 4. The molecular formula is C25H27N5O4S. The topological polar surface area (TPSA) is 140 Å². The number of nitrogen functional groups attached to an aromatic ring is 1. The molecule has 182 valence electrons. The molecule has 0 saturated heterocycles. The molecule has 0 bridgehead atoms. The highest BCUT2D eigenvalue weighted by Gasteiger charge is 2.22. The number of aliphatic hydroxyl groups is 1. The Bertz CT molecular complexity index is 1450. The van der Waals surface area contributed by atoms with Crippen LogP contribution in [0.1, 0.15) is 39.2 Å². The molecule has 0 amide bonds. The molecule has 0 radical (unpaired) electrons. The van der Waals surface area contributed by atoms with Crippen LogP contribution in [0.3, 0.4) is 0 Å². The fourth-order valence-corrected chi connectivity index (χ4v) is 5.19. The van der Waals surface area contributed by atoms with Gasteiger partial charge in [0.1, 0.15) is 5.76 Å². The van der Waals surface area contributed by atoms with Gasteiger partial charge in [0.2, 0.25) is 0 Å². The molecule has 5 aromatic rings.